The van der Waals surface area contributed by atoms with E-state index < -0.39 is 0 Å². The van der Waals surface area contributed by atoms with E-state index in [1.165, 1.54) is 0 Å². The van der Waals surface area contributed by atoms with Gasteiger partial charge in [-0.3, -0.25) is 4.79 Å². The fraction of sp³-hybridized carbons (Fsp3) is 0.923. The summed E-state index contributed by atoms with van der Waals surface area (Å²) in [5.41, 5.74) is 0.228. The average Bonchev–Trinajstić information content (AvgIpc) is 2.68. The second kappa shape index (κ2) is 4.25. The maximum atomic E-state index is 12.1. The average molecular weight is 240 g/mol. The van der Waals surface area contributed by atoms with Crippen molar-refractivity contribution < 1.29 is 9.53 Å². The van der Waals surface area contributed by atoms with E-state index in [-0.39, 0.29) is 28.8 Å². The van der Waals surface area contributed by atoms with Gasteiger partial charge in [-0.05, 0) is 10.8 Å². The minimum absolute atomic E-state index is 0.114. The maximum Gasteiger partial charge on any atom is 0.224 e. The summed E-state index contributed by atoms with van der Waals surface area (Å²) in [4.78, 5) is 12.1. The van der Waals surface area contributed by atoms with Crippen LogP contribution in [0.25, 0.3) is 0 Å². The van der Waals surface area contributed by atoms with Crippen molar-refractivity contribution in [3.05, 3.63) is 0 Å². The van der Waals surface area contributed by atoms with E-state index in [9.17, 15) is 4.79 Å². The number of amides is 1. The van der Waals surface area contributed by atoms with Gasteiger partial charge in [0.1, 0.15) is 0 Å². The summed E-state index contributed by atoms with van der Waals surface area (Å²) in [7, 11) is 0. The summed E-state index contributed by atoms with van der Waals surface area (Å²) in [5, 5.41) is 6.28. The van der Waals surface area contributed by atoms with Crippen molar-refractivity contribution in [2.45, 2.75) is 33.8 Å². The van der Waals surface area contributed by atoms with Crippen LogP contribution < -0.4 is 10.6 Å². The van der Waals surface area contributed by atoms with Crippen molar-refractivity contribution >= 4 is 5.91 Å². The van der Waals surface area contributed by atoms with Gasteiger partial charge in [-0.15, -0.1) is 0 Å². The molecule has 0 spiro atoms. The first-order valence-corrected chi connectivity index (χ1v) is 6.47. The predicted octanol–water partition coefficient (Wildman–Crippen LogP) is 0.773. The zero-order valence-corrected chi connectivity index (χ0v) is 11.3. The molecule has 0 aromatic carbocycles. The molecule has 4 heteroatoms. The Kier molecular flexibility index (Phi) is 3.21. The van der Waals surface area contributed by atoms with Crippen LogP contribution in [0.15, 0.2) is 0 Å². The Labute approximate surface area is 103 Å². The van der Waals surface area contributed by atoms with Crippen molar-refractivity contribution in [2.24, 2.45) is 16.7 Å². The normalized spacial score (nSPS) is 30.9. The fourth-order valence-electron chi connectivity index (χ4n) is 2.92. The molecule has 1 aliphatic heterocycles. The molecular formula is C13H24N2O2. The van der Waals surface area contributed by atoms with Gasteiger partial charge in [0.25, 0.3) is 0 Å². The Hall–Kier alpha value is -0.610. The number of morpholine rings is 1. The van der Waals surface area contributed by atoms with Crippen LogP contribution in [0, 0.1) is 16.7 Å². The van der Waals surface area contributed by atoms with E-state index in [2.05, 4.69) is 38.3 Å². The summed E-state index contributed by atoms with van der Waals surface area (Å²) < 4.78 is 5.56. The Morgan fingerprint density at radius 1 is 1.35 bits per heavy atom. The SMILES string of the molecule is CC1(C)C(C(=O)NCC2CNCCO2)C1(C)C. The van der Waals surface area contributed by atoms with Crippen molar-refractivity contribution in [3.8, 4) is 0 Å². The zero-order valence-electron chi connectivity index (χ0n) is 11.3. The molecule has 4 nitrogen and oxygen atoms in total. The van der Waals surface area contributed by atoms with Crippen molar-refractivity contribution in [1.29, 1.82) is 0 Å². The molecule has 0 aromatic heterocycles. The van der Waals surface area contributed by atoms with Crippen LogP contribution in [-0.4, -0.2) is 38.3 Å². The van der Waals surface area contributed by atoms with Crippen LogP contribution in [-0.2, 0) is 9.53 Å². The van der Waals surface area contributed by atoms with Gasteiger partial charge in [-0.2, -0.15) is 0 Å². The summed E-state index contributed by atoms with van der Waals surface area (Å²) >= 11 is 0. The summed E-state index contributed by atoms with van der Waals surface area (Å²) in [6, 6.07) is 0. The van der Waals surface area contributed by atoms with Crippen LogP contribution in [0.1, 0.15) is 27.7 Å². The van der Waals surface area contributed by atoms with Crippen molar-refractivity contribution in [3.63, 3.8) is 0 Å². The fourth-order valence-corrected chi connectivity index (χ4v) is 2.92. The van der Waals surface area contributed by atoms with Crippen LogP contribution in [0.4, 0.5) is 0 Å². The van der Waals surface area contributed by atoms with Gasteiger partial charge in [0, 0.05) is 25.6 Å². The monoisotopic (exact) mass is 240 g/mol. The highest BCUT2D eigenvalue weighted by Crippen LogP contribution is 2.68. The lowest BCUT2D eigenvalue weighted by Crippen LogP contribution is -2.45. The first-order valence-electron chi connectivity index (χ1n) is 6.47. The standard InChI is InChI=1S/C13H24N2O2/c1-12(2)10(13(12,3)4)11(16)15-8-9-7-14-5-6-17-9/h9-10,14H,5-8H2,1-4H3,(H,15,16). The molecule has 1 atom stereocenters. The molecule has 2 N–H and O–H groups in total. The van der Waals surface area contributed by atoms with Crippen LogP contribution >= 0.6 is 0 Å². The highest BCUT2D eigenvalue weighted by molar-refractivity contribution is 5.84. The first-order chi connectivity index (χ1) is 7.87. The molecule has 17 heavy (non-hydrogen) atoms. The molecule has 1 unspecified atom stereocenters. The van der Waals surface area contributed by atoms with Gasteiger partial charge < -0.3 is 15.4 Å². The molecule has 2 aliphatic rings. The second-order valence-corrected chi connectivity index (χ2v) is 6.32. The van der Waals surface area contributed by atoms with E-state index in [1.807, 2.05) is 0 Å². The number of hydrogen-bond donors (Lipinski definition) is 2. The Balaban J connectivity index is 1.79. The third kappa shape index (κ3) is 2.20. The molecule has 2 fully saturated rings. The number of ether oxygens (including phenoxy) is 1. The lowest BCUT2D eigenvalue weighted by Gasteiger charge is -2.23. The van der Waals surface area contributed by atoms with Gasteiger partial charge in [-0.25, -0.2) is 0 Å². The first kappa shape index (κ1) is 12.8. The van der Waals surface area contributed by atoms with Gasteiger partial charge >= 0.3 is 0 Å². The van der Waals surface area contributed by atoms with Gasteiger partial charge in [-0.1, -0.05) is 27.7 Å². The molecule has 2 rings (SSSR count). The zero-order chi connectivity index (χ0) is 12.7. The Morgan fingerprint density at radius 2 is 2.00 bits per heavy atom. The smallest absolute Gasteiger partial charge is 0.224 e. The lowest BCUT2D eigenvalue weighted by atomic mass is 10.0. The third-order valence-corrected chi connectivity index (χ3v) is 4.79. The van der Waals surface area contributed by atoms with Crippen LogP contribution in [0.2, 0.25) is 0 Å². The lowest BCUT2D eigenvalue weighted by molar-refractivity contribution is -0.124. The summed E-state index contributed by atoms with van der Waals surface area (Å²) in [6.07, 6.45) is 0.123. The molecule has 0 radical (unpaired) electrons. The molecule has 1 amide bonds. The van der Waals surface area contributed by atoms with Crippen molar-refractivity contribution in [1.82, 2.24) is 10.6 Å². The number of carbonyl (C=O) groups excluding carboxylic acids is 1. The number of hydrogen-bond acceptors (Lipinski definition) is 3. The van der Waals surface area contributed by atoms with E-state index >= 15 is 0 Å². The quantitative estimate of drug-likeness (QED) is 0.766. The summed E-state index contributed by atoms with van der Waals surface area (Å²) in [5.74, 6) is 0.306. The predicted molar refractivity (Wildman–Crippen MR) is 66.7 cm³/mol. The molecular weight excluding hydrogens is 216 g/mol. The Bertz CT molecular complexity index is 293. The molecule has 98 valence electrons. The topological polar surface area (TPSA) is 50.4 Å². The van der Waals surface area contributed by atoms with Crippen LogP contribution in [0.3, 0.4) is 0 Å². The number of carbonyl (C=O) groups is 1. The minimum Gasteiger partial charge on any atom is -0.374 e. The number of nitrogens with one attached hydrogen (secondary N) is 2. The highest BCUT2D eigenvalue weighted by atomic mass is 16.5. The van der Waals surface area contributed by atoms with E-state index in [4.69, 9.17) is 4.74 Å². The minimum atomic E-state index is 0.114. The van der Waals surface area contributed by atoms with E-state index in [1.54, 1.807) is 0 Å². The van der Waals surface area contributed by atoms with Gasteiger partial charge in [0.15, 0.2) is 0 Å². The largest absolute Gasteiger partial charge is 0.374 e. The molecule has 1 saturated carbocycles. The molecule has 1 saturated heterocycles. The molecule has 1 heterocycles. The third-order valence-electron chi connectivity index (χ3n) is 4.79. The maximum absolute atomic E-state index is 12.1. The van der Waals surface area contributed by atoms with E-state index in [0.717, 1.165) is 19.7 Å². The second-order valence-electron chi connectivity index (χ2n) is 6.32. The van der Waals surface area contributed by atoms with Gasteiger partial charge in [0.2, 0.25) is 5.91 Å². The Morgan fingerprint density at radius 3 is 2.47 bits per heavy atom. The number of rotatable bonds is 3. The molecule has 1 aliphatic carbocycles. The van der Waals surface area contributed by atoms with Crippen LogP contribution in [0.5, 0.6) is 0 Å². The van der Waals surface area contributed by atoms with Gasteiger partial charge in [0.05, 0.1) is 12.7 Å². The van der Waals surface area contributed by atoms with E-state index in [0.29, 0.717) is 6.54 Å². The molecule has 0 aromatic rings. The highest BCUT2D eigenvalue weighted by Gasteiger charge is 2.68. The molecule has 0 bridgehead atoms. The summed E-state index contributed by atoms with van der Waals surface area (Å²) in [6.45, 7) is 11.7. The van der Waals surface area contributed by atoms with Crippen molar-refractivity contribution in [2.75, 3.05) is 26.2 Å².